The first-order chi connectivity index (χ1) is 8.63. The molecule has 0 aliphatic rings. The van der Waals surface area contributed by atoms with Crippen LogP contribution in [0.4, 0.5) is 0 Å². The summed E-state index contributed by atoms with van der Waals surface area (Å²) >= 11 is 0. The Bertz CT molecular complexity index is 562. The van der Waals surface area contributed by atoms with E-state index in [9.17, 15) is 4.79 Å². The van der Waals surface area contributed by atoms with Gasteiger partial charge in [0.25, 0.3) is 0 Å². The lowest BCUT2D eigenvalue weighted by Gasteiger charge is -2.14. The highest BCUT2D eigenvalue weighted by Gasteiger charge is 2.16. The zero-order valence-corrected chi connectivity index (χ0v) is 10.6. The van der Waals surface area contributed by atoms with E-state index in [1.165, 1.54) is 0 Å². The number of hydrogen-bond donors (Lipinski definition) is 1. The van der Waals surface area contributed by atoms with E-state index < -0.39 is 5.97 Å². The highest BCUT2D eigenvalue weighted by molar-refractivity contribution is 5.72. The van der Waals surface area contributed by atoms with Gasteiger partial charge in [0.15, 0.2) is 5.65 Å². The largest absolute Gasteiger partial charge is 0.481 e. The van der Waals surface area contributed by atoms with Crippen molar-refractivity contribution in [1.82, 2.24) is 14.5 Å². The first-order valence-electron chi connectivity index (χ1n) is 6.17. The molecule has 96 valence electrons. The number of hydrogen-bond acceptors (Lipinski definition) is 3. The smallest absolute Gasteiger partial charge is 0.303 e. The van der Waals surface area contributed by atoms with Crippen molar-refractivity contribution in [3.05, 3.63) is 24.2 Å². The lowest BCUT2D eigenvalue weighted by atomic mass is 10.2. The van der Waals surface area contributed by atoms with Crippen molar-refractivity contribution in [2.75, 3.05) is 0 Å². The summed E-state index contributed by atoms with van der Waals surface area (Å²) in [6.45, 7) is 4.19. The second-order valence-electron chi connectivity index (χ2n) is 4.40. The molecule has 5 nitrogen and oxygen atoms in total. The van der Waals surface area contributed by atoms with Crippen LogP contribution in [0, 0.1) is 0 Å². The Labute approximate surface area is 105 Å². The summed E-state index contributed by atoms with van der Waals surface area (Å²) in [5.41, 5.74) is 1.67. The number of aryl methyl sites for hydroxylation is 1. The number of carboxylic acids is 1. The SMILES string of the molecule is CCC(C)n1c(CCC(=O)O)nc2cccnc21. The molecule has 0 spiro atoms. The average Bonchev–Trinajstić information content (AvgIpc) is 2.73. The molecule has 0 aliphatic heterocycles. The molecule has 0 amide bonds. The van der Waals surface area contributed by atoms with Gasteiger partial charge in [0, 0.05) is 18.7 Å². The summed E-state index contributed by atoms with van der Waals surface area (Å²) in [6, 6.07) is 4.02. The van der Waals surface area contributed by atoms with E-state index in [1.807, 2.05) is 12.1 Å². The first kappa shape index (κ1) is 12.5. The highest BCUT2D eigenvalue weighted by Crippen LogP contribution is 2.22. The molecule has 2 aromatic heterocycles. The maximum Gasteiger partial charge on any atom is 0.303 e. The molecule has 2 rings (SSSR count). The summed E-state index contributed by atoms with van der Waals surface area (Å²) in [6.07, 6.45) is 3.24. The number of rotatable bonds is 5. The molecule has 0 fully saturated rings. The van der Waals surface area contributed by atoms with Crippen LogP contribution >= 0.6 is 0 Å². The van der Waals surface area contributed by atoms with Gasteiger partial charge < -0.3 is 9.67 Å². The first-order valence-corrected chi connectivity index (χ1v) is 6.17. The van der Waals surface area contributed by atoms with Crippen molar-refractivity contribution in [1.29, 1.82) is 0 Å². The van der Waals surface area contributed by atoms with Crippen LogP contribution in [-0.2, 0) is 11.2 Å². The molecule has 0 aromatic carbocycles. The van der Waals surface area contributed by atoms with E-state index in [0.29, 0.717) is 6.42 Å². The second-order valence-corrected chi connectivity index (χ2v) is 4.40. The van der Waals surface area contributed by atoms with Crippen LogP contribution < -0.4 is 0 Å². The van der Waals surface area contributed by atoms with Crippen molar-refractivity contribution >= 4 is 17.1 Å². The van der Waals surface area contributed by atoms with Crippen LogP contribution in [0.25, 0.3) is 11.2 Å². The third kappa shape index (κ3) is 2.34. The number of aliphatic carboxylic acids is 1. The van der Waals surface area contributed by atoms with Gasteiger partial charge in [0.2, 0.25) is 0 Å². The van der Waals surface area contributed by atoms with E-state index in [-0.39, 0.29) is 12.5 Å². The van der Waals surface area contributed by atoms with Crippen LogP contribution in [0.2, 0.25) is 0 Å². The van der Waals surface area contributed by atoms with E-state index in [0.717, 1.165) is 23.4 Å². The number of imidazole rings is 1. The predicted octanol–water partition coefficient (Wildman–Crippen LogP) is 2.42. The van der Waals surface area contributed by atoms with Crippen molar-refractivity contribution in [2.45, 2.75) is 39.2 Å². The molecule has 0 bridgehead atoms. The minimum atomic E-state index is -0.800. The topological polar surface area (TPSA) is 68.0 Å². The lowest BCUT2D eigenvalue weighted by molar-refractivity contribution is -0.137. The Morgan fingerprint density at radius 3 is 3.00 bits per heavy atom. The molecule has 2 aromatic rings. The lowest BCUT2D eigenvalue weighted by Crippen LogP contribution is -2.10. The van der Waals surface area contributed by atoms with Gasteiger partial charge >= 0.3 is 5.97 Å². The molecule has 1 unspecified atom stereocenters. The van der Waals surface area contributed by atoms with Gasteiger partial charge in [0.05, 0.1) is 6.42 Å². The van der Waals surface area contributed by atoms with Gasteiger partial charge in [-0.15, -0.1) is 0 Å². The predicted molar refractivity (Wildman–Crippen MR) is 68.5 cm³/mol. The summed E-state index contributed by atoms with van der Waals surface area (Å²) in [5.74, 6) is 0.00571. The maximum atomic E-state index is 10.7. The molecular weight excluding hydrogens is 230 g/mol. The third-order valence-electron chi connectivity index (χ3n) is 3.12. The van der Waals surface area contributed by atoms with E-state index in [4.69, 9.17) is 5.11 Å². The molecule has 1 N–H and O–H groups in total. The summed E-state index contributed by atoms with van der Waals surface area (Å²) in [7, 11) is 0. The van der Waals surface area contributed by atoms with E-state index in [2.05, 4.69) is 28.4 Å². The molecule has 0 saturated carbocycles. The Balaban J connectivity index is 2.46. The normalized spacial score (nSPS) is 12.8. The zero-order valence-electron chi connectivity index (χ0n) is 10.6. The minimum absolute atomic E-state index is 0.0970. The van der Waals surface area contributed by atoms with Gasteiger partial charge in [-0.25, -0.2) is 9.97 Å². The van der Waals surface area contributed by atoms with Gasteiger partial charge in [-0.3, -0.25) is 4.79 Å². The Morgan fingerprint density at radius 2 is 2.33 bits per heavy atom. The van der Waals surface area contributed by atoms with Gasteiger partial charge in [-0.1, -0.05) is 6.92 Å². The highest BCUT2D eigenvalue weighted by atomic mass is 16.4. The van der Waals surface area contributed by atoms with E-state index >= 15 is 0 Å². The fourth-order valence-electron chi connectivity index (χ4n) is 2.02. The van der Waals surface area contributed by atoms with Crippen LogP contribution in [0.5, 0.6) is 0 Å². The number of carboxylic acid groups (broad SMARTS) is 1. The molecule has 0 saturated heterocycles. The molecule has 0 aliphatic carbocycles. The van der Waals surface area contributed by atoms with Gasteiger partial charge in [-0.05, 0) is 25.5 Å². The van der Waals surface area contributed by atoms with Crippen molar-refractivity contribution < 1.29 is 9.90 Å². The van der Waals surface area contributed by atoms with Crippen LogP contribution in [-0.4, -0.2) is 25.6 Å². The molecule has 5 heteroatoms. The van der Waals surface area contributed by atoms with Gasteiger partial charge in [0.1, 0.15) is 11.3 Å². The zero-order chi connectivity index (χ0) is 13.1. The quantitative estimate of drug-likeness (QED) is 0.881. The molecule has 0 radical (unpaired) electrons. The second kappa shape index (κ2) is 5.16. The Morgan fingerprint density at radius 1 is 1.56 bits per heavy atom. The standard InChI is InChI=1S/C13H17N3O2/c1-3-9(2)16-11(6-7-12(17)18)15-10-5-4-8-14-13(10)16/h4-5,8-9H,3,6-7H2,1-2H3,(H,17,18). The van der Waals surface area contributed by atoms with Crippen molar-refractivity contribution in [3.8, 4) is 0 Å². The van der Waals surface area contributed by atoms with Crippen LogP contribution in [0.15, 0.2) is 18.3 Å². The summed E-state index contributed by atoms with van der Waals surface area (Å²) in [5, 5.41) is 8.78. The molecule has 18 heavy (non-hydrogen) atoms. The number of fused-ring (bicyclic) bond motifs is 1. The monoisotopic (exact) mass is 247 g/mol. The third-order valence-corrected chi connectivity index (χ3v) is 3.12. The van der Waals surface area contributed by atoms with Gasteiger partial charge in [-0.2, -0.15) is 0 Å². The molecule has 1 atom stereocenters. The van der Waals surface area contributed by atoms with Crippen molar-refractivity contribution in [2.24, 2.45) is 0 Å². The number of carbonyl (C=O) groups is 1. The Hall–Kier alpha value is -1.91. The number of nitrogens with zero attached hydrogens (tertiary/aromatic N) is 3. The number of pyridine rings is 1. The summed E-state index contributed by atoms with van der Waals surface area (Å²) < 4.78 is 2.05. The molecular formula is C13H17N3O2. The fourth-order valence-corrected chi connectivity index (χ4v) is 2.02. The van der Waals surface area contributed by atoms with E-state index in [1.54, 1.807) is 6.20 Å². The average molecular weight is 247 g/mol. The Kier molecular flexibility index (Phi) is 3.60. The minimum Gasteiger partial charge on any atom is -0.481 e. The number of aromatic nitrogens is 3. The summed E-state index contributed by atoms with van der Waals surface area (Å²) in [4.78, 5) is 19.5. The van der Waals surface area contributed by atoms with Crippen LogP contribution in [0.1, 0.15) is 38.6 Å². The van der Waals surface area contributed by atoms with Crippen LogP contribution in [0.3, 0.4) is 0 Å². The fraction of sp³-hybridized carbons (Fsp3) is 0.462. The maximum absolute atomic E-state index is 10.7. The van der Waals surface area contributed by atoms with Crippen molar-refractivity contribution in [3.63, 3.8) is 0 Å². The molecule has 2 heterocycles.